The summed E-state index contributed by atoms with van der Waals surface area (Å²) >= 11 is 0. The van der Waals surface area contributed by atoms with Crippen molar-refractivity contribution < 1.29 is 19.5 Å². The minimum absolute atomic E-state index is 0.0252. The number of carbonyl (C=O) groups is 3. The van der Waals surface area contributed by atoms with Crippen LogP contribution in [0, 0.1) is 0 Å². The highest BCUT2D eigenvalue weighted by atomic mass is 16.4. The lowest BCUT2D eigenvalue weighted by Crippen LogP contribution is -2.61. The Kier molecular flexibility index (Phi) is 5.03. The highest BCUT2D eigenvalue weighted by molar-refractivity contribution is 5.88. The molecule has 2 rings (SSSR count). The van der Waals surface area contributed by atoms with Crippen LogP contribution in [0.25, 0.3) is 0 Å². The van der Waals surface area contributed by atoms with Crippen molar-refractivity contribution in [1.29, 1.82) is 0 Å². The molecule has 2 saturated heterocycles. The highest BCUT2D eigenvalue weighted by Crippen LogP contribution is 2.23. The molecule has 2 atom stereocenters. The van der Waals surface area contributed by atoms with Crippen LogP contribution in [0.15, 0.2) is 0 Å². The van der Waals surface area contributed by atoms with Crippen LogP contribution in [0.5, 0.6) is 0 Å². The van der Waals surface area contributed by atoms with Crippen molar-refractivity contribution in [3.8, 4) is 0 Å². The summed E-state index contributed by atoms with van der Waals surface area (Å²) in [4.78, 5) is 38.8. The SMILES string of the molecule is CCC1C(=O)NCCN1C(=O)N1CCCCC1CC(=O)O. The zero-order valence-corrected chi connectivity index (χ0v) is 12.4. The summed E-state index contributed by atoms with van der Waals surface area (Å²) in [5.41, 5.74) is 0. The first-order chi connectivity index (χ1) is 10.0. The van der Waals surface area contributed by atoms with Gasteiger partial charge in [-0.15, -0.1) is 0 Å². The number of nitrogens with zero attached hydrogens (tertiary/aromatic N) is 2. The summed E-state index contributed by atoms with van der Waals surface area (Å²) < 4.78 is 0. The van der Waals surface area contributed by atoms with Crippen molar-refractivity contribution in [3.05, 3.63) is 0 Å². The number of aliphatic carboxylic acids is 1. The highest BCUT2D eigenvalue weighted by Gasteiger charge is 2.37. The van der Waals surface area contributed by atoms with Crippen LogP contribution in [0.4, 0.5) is 4.79 Å². The third-order valence-corrected chi connectivity index (χ3v) is 4.25. The van der Waals surface area contributed by atoms with Crippen molar-refractivity contribution >= 4 is 17.9 Å². The maximum atomic E-state index is 12.7. The van der Waals surface area contributed by atoms with Crippen LogP contribution in [-0.2, 0) is 9.59 Å². The predicted octanol–water partition coefficient (Wildman–Crippen LogP) is 0.646. The van der Waals surface area contributed by atoms with Crippen LogP contribution in [0.3, 0.4) is 0 Å². The maximum Gasteiger partial charge on any atom is 0.321 e. The van der Waals surface area contributed by atoms with Gasteiger partial charge in [-0.3, -0.25) is 9.59 Å². The van der Waals surface area contributed by atoms with E-state index in [1.54, 1.807) is 9.80 Å². The van der Waals surface area contributed by atoms with Crippen molar-refractivity contribution in [2.45, 2.75) is 51.1 Å². The minimum Gasteiger partial charge on any atom is -0.481 e. The van der Waals surface area contributed by atoms with Crippen LogP contribution < -0.4 is 5.32 Å². The molecule has 0 saturated carbocycles. The van der Waals surface area contributed by atoms with Crippen molar-refractivity contribution in [2.75, 3.05) is 19.6 Å². The van der Waals surface area contributed by atoms with E-state index in [0.29, 0.717) is 26.1 Å². The molecule has 118 valence electrons. The van der Waals surface area contributed by atoms with Crippen LogP contribution in [0.1, 0.15) is 39.0 Å². The summed E-state index contributed by atoms with van der Waals surface area (Å²) in [6.45, 7) is 3.39. The van der Waals surface area contributed by atoms with Gasteiger partial charge in [0.2, 0.25) is 5.91 Å². The summed E-state index contributed by atoms with van der Waals surface area (Å²) in [5.74, 6) is -1.01. The maximum absolute atomic E-state index is 12.7. The fraction of sp³-hybridized carbons (Fsp3) is 0.786. The smallest absolute Gasteiger partial charge is 0.321 e. The second kappa shape index (κ2) is 6.78. The Hall–Kier alpha value is -1.79. The zero-order chi connectivity index (χ0) is 15.4. The lowest BCUT2D eigenvalue weighted by Gasteiger charge is -2.42. The largest absolute Gasteiger partial charge is 0.481 e. The molecule has 2 aliphatic heterocycles. The molecule has 0 aromatic rings. The Labute approximate surface area is 124 Å². The molecule has 2 aliphatic rings. The fourth-order valence-electron chi connectivity index (χ4n) is 3.18. The van der Waals surface area contributed by atoms with E-state index in [4.69, 9.17) is 5.11 Å². The van der Waals surface area contributed by atoms with Gasteiger partial charge in [-0.1, -0.05) is 6.92 Å². The molecule has 0 aliphatic carbocycles. The number of carbonyl (C=O) groups excluding carboxylic acids is 2. The van der Waals surface area contributed by atoms with E-state index in [2.05, 4.69) is 5.32 Å². The second-order valence-corrected chi connectivity index (χ2v) is 5.63. The van der Waals surface area contributed by atoms with E-state index in [1.165, 1.54) is 0 Å². The molecule has 2 fully saturated rings. The number of amides is 3. The number of piperazine rings is 1. The van der Waals surface area contributed by atoms with Gasteiger partial charge in [0, 0.05) is 25.7 Å². The molecule has 7 heteroatoms. The molecular weight excluding hydrogens is 274 g/mol. The fourth-order valence-corrected chi connectivity index (χ4v) is 3.18. The van der Waals surface area contributed by atoms with Gasteiger partial charge in [-0.25, -0.2) is 4.79 Å². The Morgan fingerprint density at radius 3 is 2.71 bits per heavy atom. The standard InChI is InChI=1S/C14H23N3O4/c1-2-11-13(20)15-6-8-17(11)14(21)16-7-4-3-5-10(16)9-12(18)19/h10-11H,2-9H2,1H3,(H,15,20)(H,18,19). The molecule has 2 N–H and O–H groups in total. The van der Waals surface area contributed by atoms with E-state index in [9.17, 15) is 14.4 Å². The van der Waals surface area contributed by atoms with Crippen molar-refractivity contribution in [2.24, 2.45) is 0 Å². The van der Waals surface area contributed by atoms with E-state index >= 15 is 0 Å². The number of likely N-dealkylation sites (tertiary alicyclic amines) is 1. The van der Waals surface area contributed by atoms with E-state index in [0.717, 1.165) is 19.3 Å². The molecule has 2 unspecified atom stereocenters. The molecular formula is C14H23N3O4. The molecule has 0 radical (unpaired) electrons. The number of carboxylic acid groups (broad SMARTS) is 1. The third kappa shape index (κ3) is 3.46. The van der Waals surface area contributed by atoms with Crippen LogP contribution in [-0.4, -0.2) is 64.5 Å². The van der Waals surface area contributed by atoms with Gasteiger partial charge in [0.15, 0.2) is 0 Å². The minimum atomic E-state index is -0.886. The van der Waals surface area contributed by atoms with E-state index in [1.807, 2.05) is 6.92 Å². The topological polar surface area (TPSA) is 90.0 Å². The summed E-state index contributed by atoms with van der Waals surface area (Å²) in [6, 6.07) is -0.896. The number of urea groups is 1. The number of hydrogen-bond acceptors (Lipinski definition) is 3. The number of nitrogens with one attached hydrogen (secondary N) is 1. The summed E-state index contributed by atoms with van der Waals surface area (Å²) in [7, 11) is 0. The first-order valence-electron chi connectivity index (χ1n) is 7.61. The number of rotatable bonds is 3. The zero-order valence-electron chi connectivity index (χ0n) is 12.4. The van der Waals surface area contributed by atoms with Crippen LogP contribution >= 0.6 is 0 Å². The molecule has 0 spiro atoms. The molecule has 0 aromatic carbocycles. The Balaban J connectivity index is 2.11. The quantitative estimate of drug-likeness (QED) is 0.800. The average molecular weight is 297 g/mol. The lowest BCUT2D eigenvalue weighted by molar-refractivity contribution is -0.138. The normalized spacial score (nSPS) is 26.4. The summed E-state index contributed by atoms with van der Waals surface area (Å²) in [5, 5.41) is 11.8. The lowest BCUT2D eigenvalue weighted by atomic mass is 9.99. The van der Waals surface area contributed by atoms with E-state index < -0.39 is 12.0 Å². The van der Waals surface area contributed by atoms with Gasteiger partial charge < -0.3 is 20.2 Å². The average Bonchev–Trinajstić information content (AvgIpc) is 2.46. The van der Waals surface area contributed by atoms with Gasteiger partial charge >= 0.3 is 12.0 Å². The molecule has 2 heterocycles. The molecule has 0 aromatic heterocycles. The first kappa shape index (κ1) is 15.6. The van der Waals surface area contributed by atoms with Crippen molar-refractivity contribution in [1.82, 2.24) is 15.1 Å². The van der Waals surface area contributed by atoms with Gasteiger partial charge in [-0.05, 0) is 25.7 Å². The second-order valence-electron chi connectivity index (χ2n) is 5.63. The first-order valence-corrected chi connectivity index (χ1v) is 7.61. The van der Waals surface area contributed by atoms with E-state index in [-0.39, 0.29) is 24.4 Å². The number of carboxylic acids is 1. The Bertz CT molecular complexity index is 426. The van der Waals surface area contributed by atoms with Gasteiger partial charge in [0.25, 0.3) is 0 Å². The third-order valence-electron chi connectivity index (χ3n) is 4.25. The molecule has 21 heavy (non-hydrogen) atoms. The van der Waals surface area contributed by atoms with Gasteiger partial charge in [0.1, 0.15) is 6.04 Å². The predicted molar refractivity (Wildman–Crippen MR) is 75.8 cm³/mol. The summed E-state index contributed by atoms with van der Waals surface area (Å²) in [6.07, 6.45) is 3.09. The Morgan fingerprint density at radius 1 is 1.29 bits per heavy atom. The van der Waals surface area contributed by atoms with Gasteiger partial charge in [0.05, 0.1) is 6.42 Å². The number of piperidine rings is 1. The Morgan fingerprint density at radius 2 is 2.05 bits per heavy atom. The van der Waals surface area contributed by atoms with Gasteiger partial charge in [-0.2, -0.15) is 0 Å². The molecule has 3 amide bonds. The monoisotopic (exact) mass is 297 g/mol. The molecule has 7 nitrogen and oxygen atoms in total. The van der Waals surface area contributed by atoms with Crippen molar-refractivity contribution in [3.63, 3.8) is 0 Å². The molecule has 0 bridgehead atoms. The number of hydrogen-bond donors (Lipinski definition) is 2. The van der Waals surface area contributed by atoms with Crippen LogP contribution in [0.2, 0.25) is 0 Å².